The maximum absolute atomic E-state index is 5.84. The maximum atomic E-state index is 5.84. The fraction of sp³-hybridized carbons (Fsp3) is 0.267. The van der Waals surface area contributed by atoms with E-state index in [1.54, 1.807) is 6.20 Å². The zero-order valence-corrected chi connectivity index (χ0v) is 10.8. The Balaban J connectivity index is 2.20. The molecule has 18 heavy (non-hydrogen) atoms. The fourth-order valence-corrected chi connectivity index (χ4v) is 1.71. The standard InChI is InChI=1S/C15H18N2O/c1-3-12-5-4-6-14(9-12)18-15-10-13(11(2)16)7-8-17-15/h4-11H,3,16H2,1-2H3. The van der Waals surface area contributed by atoms with E-state index in [2.05, 4.69) is 18.0 Å². The molecule has 0 saturated heterocycles. The van der Waals surface area contributed by atoms with E-state index >= 15 is 0 Å². The third-order valence-electron chi connectivity index (χ3n) is 2.81. The van der Waals surface area contributed by atoms with Crippen LogP contribution in [-0.4, -0.2) is 4.98 Å². The first-order valence-electron chi connectivity index (χ1n) is 6.17. The van der Waals surface area contributed by atoms with E-state index in [9.17, 15) is 0 Å². The van der Waals surface area contributed by atoms with Gasteiger partial charge in [0.1, 0.15) is 5.75 Å². The van der Waals surface area contributed by atoms with Crippen molar-refractivity contribution in [2.75, 3.05) is 0 Å². The van der Waals surface area contributed by atoms with Crippen LogP contribution < -0.4 is 10.5 Å². The van der Waals surface area contributed by atoms with E-state index in [0.29, 0.717) is 5.88 Å². The highest BCUT2D eigenvalue weighted by Crippen LogP contribution is 2.22. The van der Waals surface area contributed by atoms with Gasteiger partial charge in [0.05, 0.1) is 0 Å². The van der Waals surface area contributed by atoms with Crippen LogP contribution in [0.25, 0.3) is 0 Å². The van der Waals surface area contributed by atoms with Crippen LogP contribution in [0, 0.1) is 0 Å². The molecule has 2 rings (SSSR count). The van der Waals surface area contributed by atoms with Crippen LogP contribution in [0.1, 0.15) is 31.0 Å². The molecule has 3 heteroatoms. The molecule has 1 aromatic carbocycles. The van der Waals surface area contributed by atoms with E-state index in [1.165, 1.54) is 5.56 Å². The predicted octanol–water partition coefficient (Wildman–Crippen LogP) is 3.46. The Kier molecular flexibility index (Phi) is 3.95. The molecule has 0 aliphatic carbocycles. The van der Waals surface area contributed by atoms with Crippen molar-refractivity contribution in [3.63, 3.8) is 0 Å². The minimum atomic E-state index is -0.0164. The number of hydrogen-bond donors (Lipinski definition) is 1. The van der Waals surface area contributed by atoms with Crippen molar-refractivity contribution in [2.24, 2.45) is 5.73 Å². The molecule has 0 amide bonds. The first kappa shape index (κ1) is 12.6. The number of nitrogens with zero attached hydrogens (tertiary/aromatic N) is 1. The SMILES string of the molecule is CCc1cccc(Oc2cc(C(C)N)ccn2)c1. The minimum Gasteiger partial charge on any atom is -0.439 e. The van der Waals surface area contributed by atoms with Crippen LogP contribution in [0.2, 0.25) is 0 Å². The van der Waals surface area contributed by atoms with E-state index in [-0.39, 0.29) is 6.04 Å². The summed E-state index contributed by atoms with van der Waals surface area (Å²) >= 11 is 0. The Labute approximate surface area is 108 Å². The molecule has 2 N–H and O–H groups in total. The van der Waals surface area contributed by atoms with Crippen LogP contribution in [0.15, 0.2) is 42.6 Å². The molecule has 0 aliphatic rings. The van der Waals surface area contributed by atoms with Crippen LogP contribution in [0.3, 0.4) is 0 Å². The topological polar surface area (TPSA) is 48.1 Å². The van der Waals surface area contributed by atoms with Crippen LogP contribution in [0.5, 0.6) is 11.6 Å². The average molecular weight is 242 g/mol. The van der Waals surface area contributed by atoms with E-state index < -0.39 is 0 Å². The van der Waals surface area contributed by atoms with Gasteiger partial charge in [0.25, 0.3) is 0 Å². The monoisotopic (exact) mass is 242 g/mol. The first-order valence-corrected chi connectivity index (χ1v) is 6.17. The summed E-state index contributed by atoms with van der Waals surface area (Å²) in [7, 11) is 0. The summed E-state index contributed by atoms with van der Waals surface area (Å²) in [4.78, 5) is 4.19. The van der Waals surface area contributed by atoms with Gasteiger partial charge in [-0.05, 0) is 42.7 Å². The molecule has 1 atom stereocenters. The number of nitrogens with two attached hydrogens (primary N) is 1. The average Bonchev–Trinajstić information content (AvgIpc) is 2.39. The number of ether oxygens (including phenoxy) is 1. The van der Waals surface area contributed by atoms with Crippen molar-refractivity contribution < 1.29 is 4.74 Å². The van der Waals surface area contributed by atoms with Crippen molar-refractivity contribution >= 4 is 0 Å². The zero-order valence-electron chi connectivity index (χ0n) is 10.8. The lowest BCUT2D eigenvalue weighted by Crippen LogP contribution is -2.05. The summed E-state index contributed by atoms with van der Waals surface area (Å²) in [6.07, 6.45) is 2.71. The van der Waals surface area contributed by atoms with E-state index in [0.717, 1.165) is 17.7 Å². The molecule has 0 radical (unpaired) electrons. The smallest absolute Gasteiger partial charge is 0.219 e. The van der Waals surface area contributed by atoms with Crippen molar-refractivity contribution in [3.05, 3.63) is 53.7 Å². The molecule has 2 aromatic rings. The molecule has 1 unspecified atom stereocenters. The highest BCUT2D eigenvalue weighted by Gasteiger charge is 2.04. The van der Waals surface area contributed by atoms with Gasteiger partial charge in [0.2, 0.25) is 5.88 Å². The van der Waals surface area contributed by atoms with E-state index in [4.69, 9.17) is 10.5 Å². The number of rotatable bonds is 4. The number of aromatic nitrogens is 1. The van der Waals surface area contributed by atoms with Crippen molar-refractivity contribution in [2.45, 2.75) is 26.3 Å². The van der Waals surface area contributed by atoms with Gasteiger partial charge in [-0.25, -0.2) is 4.98 Å². The molecular weight excluding hydrogens is 224 g/mol. The largest absolute Gasteiger partial charge is 0.439 e. The quantitative estimate of drug-likeness (QED) is 0.893. The first-order chi connectivity index (χ1) is 8.69. The Hall–Kier alpha value is -1.87. The highest BCUT2D eigenvalue weighted by molar-refractivity contribution is 5.33. The van der Waals surface area contributed by atoms with Crippen molar-refractivity contribution in [3.8, 4) is 11.6 Å². The van der Waals surface area contributed by atoms with Crippen LogP contribution in [0.4, 0.5) is 0 Å². The minimum absolute atomic E-state index is 0.0164. The lowest BCUT2D eigenvalue weighted by molar-refractivity contribution is 0.461. The van der Waals surface area contributed by atoms with Gasteiger partial charge in [-0.2, -0.15) is 0 Å². The number of aryl methyl sites for hydroxylation is 1. The summed E-state index contributed by atoms with van der Waals surface area (Å²) in [6.45, 7) is 4.06. The highest BCUT2D eigenvalue weighted by atomic mass is 16.5. The second-order valence-corrected chi connectivity index (χ2v) is 4.32. The molecule has 0 spiro atoms. The Morgan fingerprint density at radius 1 is 1.28 bits per heavy atom. The number of pyridine rings is 1. The Bertz CT molecular complexity index is 523. The molecule has 0 fully saturated rings. The summed E-state index contributed by atoms with van der Waals surface area (Å²) in [5, 5.41) is 0. The van der Waals surface area contributed by atoms with Crippen LogP contribution >= 0.6 is 0 Å². The lowest BCUT2D eigenvalue weighted by Gasteiger charge is -2.09. The number of hydrogen-bond acceptors (Lipinski definition) is 3. The van der Waals surface area contributed by atoms with Gasteiger partial charge in [0, 0.05) is 18.3 Å². The molecule has 3 nitrogen and oxygen atoms in total. The summed E-state index contributed by atoms with van der Waals surface area (Å²) in [5.41, 5.74) is 8.10. The molecule has 0 bridgehead atoms. The Morgan fingerprint density at radius 3 is 2.83 bits per heavy atom. The molecule has 0 aliphatic heterocycles. The maximum Gasteiger partial charge on any atom is 0.219 e. The predicted molar refractivity (Wildman–Crippen MR) is 72.7 cm³/mol. The summed E-state index contributed by atoms with van der Waals surface area (Å²) in [5.74, 6) is 1.39. The summed E-state index contributed by atoms with van der Waals surface area (Å²) in [6, 6.07) is 11.8. The van der Waals surface area contributed by atoms with Crippen molar-refractivity contribution in [1.29, 1.82) is 0 Å². The van der Waals surface area contributed by atoms with Gasteiger partial charge in [-0.3, -0.25) is 0 Å². The van der Waals surface area contributed by atoms with Gasteiger partial charge in [-0.15, -0.1) is 0 Å². The fourth-order valence-electron chi connectivity index (χ4n) is 1.71. The molecule has 1 heterocycles. The van der Waals surface area contributed by atoms with Gasteiger partial charge in [-0.1, -0.05) is 19.1 Å². The van der Waals surface area contributed by atoms with Crippen molar-refractivity contribution in [1.82, 2.24) is 4.98 Å². The second kappa shape index (κ2) is 5.65. The normalized spacial score (nSPS) is 12.2. The molecule has 94 valence electrons. The van der Waals surface area contributed by atoms with Gasteiger partial charge >= 0.3 is 0 Å². The molecule has 0 saturated carbocycles. The van der Waals surface area contributed by atoms with Gasteiger partial charge < -0.3 is 10.5 Å². The summed E-state index contributed by atoms with van der Waals surface area (Å²) < 4.78 is 5.74. The Morgan fingerprint density at radius 2 is 2.11 bits per heavy atom. The second-order valence-electron chi connectivity index (χ2n) is 4.32. The third-order valence-corrected chi connectivity index (χ3v) is 2.81. The van der Waals surface area contributed by atoms with Gasteiger partial charge in [0.15, 0.2) is 0 Å². The lowest BCUT2D eigenvalue weighted by atomic mass is 10.1. The van der Waals surface area contributed by atoms with Crippen LogP contribution in [-0.2, 0) is 6.42 Å². The molecule has 1 aromatic heterocycles. The van der Waals surface area contributed by atoms with E-state index in [1.807, 2.05) is 37.3 Å². The molecular formula is C15H18N2O. The zero-order chi connectivity index (χ0) is 13.0. The third kappa shape index (κ3) is 3.08. The number of benzene rings is 1.